The number of hydrogen-bond donors (Lipinski definition) is 1. The zero-order valence-electron chi connectivity index (χ0n) is 8.59. The van der Waals surface area contributed by atoms with Gasteiger partial charge in [-0.2, -0.15) is 5.26 Å². The normalized spacial score (nSPS) is 14.3. The lowest BCUT2D eigenvalue weighted by molar-refractivity contribution is 0.584. The third kappa shape index (κ3) is 3.49. The molecule has 1 aliphatic heterocycles. The largest absolute Gasteiger partial charge is 0.353 e. The second-order valence-electron chi connectivity index (χ2n) is 3.11. The third-order valence-electron chi connectivity index (χ3n) is 2.18. The fourth-order valence-corrected chi connectivity index (χ4v) is 1.46. The summed E-state index contributed by atoms with van der Waals surface area (Å²) >= 11 is 0. The van der Waals surface area contributed by atoms with Gasteiger partial charge in [0.25, 0.3) is 0 Å². The minimum absolute atomic E-state index is 0. The van der Waals surface area contributed by atoms with E-state index in [4.69, 9.17) is 5.26 Å². The van der Waals surface area contributed by atoms with Gasteiger partial charge in [-0.1, -0.05) is 0 Å². The molecule has 0 unspecified atom stereocenters. The first kappa shape index (κ1) is 14.9. The number of piperazine rings is 1. The van der Waals surface area contributed by atoms with E-state index in [2.05, 4.69) is 20.2 Å². The second kappa shape index (κ2) is 7.23. The van der Waals surface area contributed by atoms with E-state index in [1.54, 1.807) is 6.20 Å². The van der Waals surface area contributed by atoms with Crippen LogP contribution in [0, 0.1) is 11.3 Å². The van der Waals surface area contributed by atoms with Crippen LogP contribution in [0.3, 0.4) is 0 Å². The molecule has 0 atom stereocenters. The van der Waals surface area contributed by atoms with Gasteiger partial charge in [-0.05, 0) is 0 Å². The Morgan fingerprint density at radius 3 is 2.56 bits per heavy atom. The Balaban J connectivity index is 0.00000112. The molecule has 0 radical (unpaired) electrons. The Morgan fingerprint density at radius 1 is 1.25 bits per heavy atom. The van der Waals surface area contributed by atoms with Crippen LogP contribution in [-0.4, -0.2) is 36.1 Å². The Bertz CT molecular complexity index is 359. The maximum absolute atomic E-state index is 8.68. The number of halogens is 2. The number of anilines is 1. The molecule has 88 valence electrons. The summed E-state index contributed by atoms with van der Waals surface area (Å²) in [5.74, 6) is 0.797. The summed E-state index contributed by atoms with van der Waals surface area (Å²) in [4.78, 5) is 10.3. The van der Waals surface area contributed by atoms with E-state index in [0.29, 0.717) is 5.69 Å². The molecule has 16 heavy (non-hydrogen) atoms. The molecule has 0 bridgehead atoms. The van der Waals surface area contributed by atoms with Crippen molar-refractivity contribution in [3.8, 4) is 6.07 Å². The van der Waals surface area contributed by atoms with E-state index >= 15 is 0 Å². The van der Waals surface area contributed by atoms with Crippen molar-refractivity contribution in [2.75, 3.05) is 31.1 Å². The molecule has 0 saturated carbocycles. The minimum atomic E-state index is 0. The fourth-order valence-electron chi connectivity index (χ4n) is 1.46. The molecule has 2 heterocycles. The SMILES string of the molecule is Cl.Cl.N#Cc1cncc(N2CCNCC2)n1. The van der Waals surface area contributed by atoms with Gasteiger partial charge < -0.3 is 10.2 Å². The molecule has 0 aromatic carbocycles. The van der Waals surface area contributed by atoms with Gasteiger partial charge in [0, 0.05) is 26.2 Å². The van der Waals surface area contributed by atoms with Crippen LogP contribution in [0.25, 0.3) is 0 Å². The zero-order chi connectivity index (χ0) is 9.80. The first-order valence-corrected chi connectivity index (χ1v) is 4.58. The monoisotopic (exact) mass is 261 g/mol. The highest BCUT2D eigenvalue weighted by Crippen LogP contribution is 2.09. The van der Waals surface area contributed by atoms with E-state index in [1.165, 1.54) is 6.20 Å². The molecule has 0 spiro atoms. The second-order valence-corrected chi connectivity index (χ2v) is 3.11. The van der Waals surface area contributed by atoms with E-state index in [9.17, 15) is 0 Å². The van der Waals surface area contributed by atoms with Crippen molar-refractivity contribution in [3.63, 3.8) is 0 Å². The van der Waals surface area contributed by atoms with Crippen molar-refractivity contribution in [1.82, 2.24) is 15.3 Å². The summed E-state index contributed by atoms with van der Waals surface area (Å²) in [5.41, 5.74) is 0.376. The van der Waals surface area contributed by atoms with Gasteiger partial charge in [-0.25, -0.2) is 4.98 Å². The van der Waals surface area contributed by atoms with Gasteiger partial charge in [0.15, 0.2) is 5.69 Å². The van der Waals surface area contributed by atoms with Crippen LogP contribution in [0.4, 0.5) is 5.82 Å². The number of nitrogens with zero attached hydrogens (tertiary/aromatic N) is 4. The van der Waals surface area contributed by atoms with Gasteiger partial charge >= 0.3 is 0 Å². The van der Waals surface area contributed by atoms with Crippen molar-refractivity contribution in [2.45, 2.75) is 0 Å². The highest BCUT2D eigenvalue weighted by atomic mass is 35.5. The summed E-state index contributed by atoms with van der Waals surface area (Å²) in [7, 11) is 0. The minimum Gasteiger partial charge on any atom is -0.353 e. The summed E-state index contributed by atoms with van der Waals surface area (Å²) in [5, 5.41) is 11.9. The number of nitrogens with one attached hydrogen (secondary N) is 1. The standard InChI is InChI=1S/C9H11N5.2ClH/c10-5-8-6-12-7-9(13-8)14-3-1-11-2-4-14;;/h6-7,11H,1-4H2;2*1H. The highest BCUT2D eigenvalue weighted by molar-refractivity contribution is 5.85. The molecule has 2 rings (SSSR count). The van der Waals surface area contributed by atoms with Crippen LogP contribution in [0.15, 0.2) is 12.4 Å². The molecule has 0 amide bonds. The lowest BCUT2D eigenvalue weighted by Crippen LogP contribution is -2.44. The summed E-state index contributed by atoms with van der Waals surface area (Å²) in [6.07, 6.45) is 3.18. The molecular weight excluding hydrogens is 249 g/mol. The maximum atomic E-state index is 8.68. The van der Waals surface area contributed by atoms with Crippen molar-refractivity contribution >= 4 is 30.6 Å². The molecule has 0 aliphatic carbocycles. The predicted octanol–water partition coefficient (Wildman–Crippen LogP) is 0.601. The van der Waals surface area contributed by atoms with E-state index in [1.807, 2.05) is 6.07 Å². The van der Waals surface area contributed by atoms with Crippen LogP contribution >= 0.6 is 24.8 Å². The first-order chi connectivity index (χ1) is 6.90. The molecule has 7 heteroatoms. The van der Waals surface area contributed by atoms with Crippen LogP contribution < -0.4 is 10.2 Å². The maximum Gasteiger partial charge on any atom is 0.161 e. The van der Waals surface area contributed by atoms with Crippen LogP contribution in [-0.2, 0) is 0 Å². The number of aromatic nitrogens is 2. The topological polar surface area (TPSA) is 64.8 Å². The number of rotatable bonds is 1. The molecular formula is C9H13Cl2N5. The van der Waals surface area contributed by atoms with Crippen LogP contribution in [0.2, 0.25) is 0 Å². The summed E-state index contributed by atoms with van der Waals surface area (Å²) in [6, 6.07) is 1.99. The Labute approximate surface area is 107 Å². The summed E-state index contributed by atoms with van der Waals surface area (Å²) < 4.78 is 0. The van der Waals surface area contributed by atoms with Crippen LogP contribution in [0.1, 0.15) is 5.69 Å². The van der Waals surface area contributed by atoms with Crippen molar-refractivity contribution < 1.29 is 0 Å². The highest BCUT2D eigenvalue weighted by Gasteiger charge is 2.11. The Morgan fingerprint density at radius 2 is 1.94 bits per heavy atom. The van der Waals surface area contributed by atoms with Gasteiger partial charge in [-0.15, -0.1) is 24.8 Å². The fraction of sp³-hybridized carbons (Fsp3) is 0.444. The molecule has 1 fully saturated rings. The Kier molecular flexibility index (Phi) is 6.74. The molecule has 1 aliphatic rings. The number of hydrogen-bond acceptors (Lipinski definition) is 5. The van der Waals surface area contributed by atoms with Crippen molar-refractivity contribution in [3.05, 3.63) is 18.1 Å². The molecule has 5 nitrogen and oxygen atoms in total. The zero-order valence-corrected chi connectivity index (χ0v) is 10.2. The number of nitriles is 1. The molecule has 1 aromatic rings. The predicted molar refractivity (Wildman–Crippen MR) is 66.3 cm³/mol. The van der Waals surface area contributed by atoms with Gasteiger partial charge in [0.1, 0.15) is 11.9 Å². The molecule has 1 saturated heterocycles. The third-order valence-corrected chi connectivity index (χ3v) is 2.18. The van der Waals surface area contributed by atoms with E-state index < -0.39 is 0 Å². The lowest BCUT2D eigenvalue weighted by atomic mass is 10.3. The van der Waals surface area contributed by atoms with Gasteiger partial charge in [0.2, 0.25) is 0 Å². The Hall–Kier alpha value is -1.09. The van der Waals surface area contributed by atoms with Crippen molar-refractivity contribution in [2.24, 2.45) is 0 Å². The smallest absolute Gasteiger partial charge is 0.161 e. The molecule has 1 aromatic heterocycles. The van der Waals surface area contributed by atoms with Gasteiger partial charge in [0.05, 0.1) is 12.4 Å². The average Bonchev–Trinajstić information content (AvgIpc) is 2.30. The quantitative estimate of drug-likeness (QED) is 0.803. The summed E-state index contributed by atoms with van der Waals surface area (Å²) in [6.45, 7) is 3.75. The first-order valence-electron chi connectivity index (χ1n) is 4.58. The van der Waals surface area contributed by atoms with E-state index in [-0.39, 0.29) is 24.8 Å². The van der Waals surface area contributed by atoms with E-state index in [0.717, 1.165) is 32.0 Å². The van der Waals surface area contributed by atoms with Crippen molar-refractivity contribution in [1.29, 1.82) is 5.26 Å². The average molecular weight is 262 g/mol. The van der Waals surface area contributed by atoms with Gasteiger partial charge in [-0.3, -0.25) is 4.98 Å². The molecule has 1 N–H and O–H groups in total. The lowest BCUT2D eigenvalue weighted by Gasteiger charge is -2.27. The van der Waals surface area contributed by atoms with Crippen LogP contribution in [0.5, 0.6) is 0 Å².